The van der Waals surface area contributed by atoms with Gasteiger partial charge in [0.25, 0.3) is 0 Å². The van der Waals surface area contributed by atoms with Gasteiger partial charge in [-0.05, 0) is 89.5 Å². The van der Waals surface area contributed by atoms with E-state index in [0.29, 0.717) is 23.5 Å². The van der Waals surface area contributed by atoms with Gasteiger partial charge in [-0.25, -0.2) is 0 Å². The van der Waals surface area contributed by atoms with E-state index in [1.165, 1.54) is 33.0 Å². The summed E-state index contributed by atoms with van der Waals surface area (Å²) in [7, 11) is 0. The molecule has 362 valence electrons. The Kier molecular flexibility index (Phi) is 11.6. The van der Waals surface area contributed by atoms with Crippen molar-refractivity contribution < 1.29 is 66.0 Å². The zero-order valence-corrected chi connectivity index (χ0v) is 39.2. The molecule has 9 aromatic rings. The number of para-hydroxylation sites is 1. The van der Waals surface area contributed by atoms with Crippen LogP contribution in [0.4, 0.5) is 17.1 Å². The lowest BCUT2D eigenvalue weighted by atomic mass is 9.81. The number of unbranched alkanes of at least 4 members (excludes halogenated alkanes) is 1. The molecule has 9 aromatic carbocycles. The number of ether oxygens (including phenoxy) is 1. The van der Waals surface area contributed by atoms with Crippen LogP contribution in [0.15, 0.2) is 109 Å². The number of phenolic OH excluding ortho intramolecular Hbond substituents is 12. The topological polar surface area (TPSA) is 259 Å². The summed E-state index contributed by atoms with van der Waals surface area (Å²) in [6.45, 7) is 10.5. The number of fused-ring (bicyclic) bond motifs is 8. The number of hydrogen-bond donors (Lipinski definition) is 12. The predicted molar refractivity (Wildman–Crippen MR) is 272 cm³/mol. The minimum atomic E-state index is -1.03. The molecule has 0 bridgehead atoms. The third-order valence-corrected chi connectivity index (χ3v) is 13.4. The van der Waals surface area contributed by atoms with Gasteiger partial charge in [-0.2, -0.15) is 0 Å². The van der Waals surface area contributed by atoms with E-state index >= 15 is 0 Å². The summed E-state index contributed by atoms with van der Waals surface area (Å²) in [5, 5.41) is 124. The van der Waals surface area contributed by atoms with Gasteiger partial charge in [0.05, 0.1) is 16.2 Å². The molecule has 0 atom stereocenters. The normalized spacial score (nSPS) is 12.5. The van der Waals surface area contributed by atoms with E-state index in [1.807, 2.05) is 66.4 Å². The lowest BCUT2D eigenvalue weighted by molar-refractivity contribution is 0.346. The van der Waals surface area contributed by atoms with Crippen molar-refractivity contribution in [2.45, 2.75) is 59.3 Å². The lowest BCUT2D eigenvalue weighted by Crippen LogP contribution is -2.17. The van der Waals surface area contributed by atoms with Crippen molar-refractivity contribution in [1.82, 2.24) is 0 Å². The van der Waals surface area contributed by atoms with Crippen molar-refractivity contribution in [2.24, 2.45) is 0 Å². The summed E-state index contributed by atoms with van der Waals surface area (Å²) in [5.41, 5.74) is 8.76. The molecule has 2 aliphatic rings. The summed E-state index contributed by atoms with van der Waals surface area (Å²) in [4.78, 5) is 1.87. The first-order valence-corrected chi connectivity index (χ1v) is 22.8. The van der Waals surface area contributed by atoms with Gasteiger partial charge in [-0.1, -0.05) is 118 Å². The third kappa shape index (κ3) is 7.42. The first-order valence-electron chi connectivity index (χ1n) is 22.8. The number of aryl methyl sites for hydroxylation is 3. The van der Waals surface area contributed by atoms with E-state index in [-0.39, 0.29) is 39.3 Å². The van der Waals surface area contributed by atoms with E-state index in [0.717, 1.165) is 23.2 Å². The first kappa shape index (κ1) is 47.0. The van der Waals surface area contributed by atoms with Crippen molar-refractivity contribution in [3.8, 4) is 91.6 Å². The molecule has 14 heteroatoms. The monoisotopic (exact) mass is 957 g/mol. The van der Waals surface area contributed by atoms with Gasteiger partial charge in [-0.15, -0.1) is 0 Å². The van der Waals surface area contributed by atoms with Crippen LogP contribution >= 0.6 is 0 Å². The minimum Gasteiger partial charge on any atom is -0.504 e. The van der Waals surface area contributed by atoms with E-state index in [4.69, 9.17) is 4.74 Å². The molecule has 1 heterocycles. The standard InChI is InChI=1S/C36H27NO6.C14H16O7.C7H8/c1-17-15-24-25(21-12-8-7-11-20(17)21)22-14-13-19(16-23(22)36(24,2)3)37(18-9-5-4-6-10-18)28-26-27(31(40)35-34(28)43-35)30(39)33(42)32(41)29(26)38;1-2-3-4-5-6-7(10(17)12(19)8(5)15)11(18)14(21)13(20)9(6)16;1-7-5-3-2-4-6-7/h4-16,38-42H,1-3H3;15-21H,2-4H2,1H3;2-6H,1H3. The Balaban J connectivity index is 0.000000184. The molecule has 0 spiro atoms. The minimum absolute atomic E-state index is 0.0601. The Morgan fingerprint density at radius 2 is 0.972 bits per heavy atom. The van der Waals surface area contributed by atoms with Gasteiger partial charge in [0.1, 0.15) is 5.69 Å². The van der Waals surface area contributed by atoms with Crippen LogP contribution in [-0.4, -0.2) is 61.3 Å². The molecule has 0 fully saturated rings. The molecule has 14 nitrogen and oxygen atoms in total. The highest BCUT2D eigenvalue weighted by atomic mass is 16.6. The first-order chi connectivity index (χ1) is 33.8. The number of anilines is 3. The number of benzene rings is 9. The lowest BCUT2D eigenvalue weighted by Gasteiger charge is -2.28. The van der Waals surface area contributed by atoms with Crippen molar-refractivity contribution >= 4 is 49.4 Å². The van der Waals surface area contributed by atoms with Crippen molar-refractivity contribution in [1.29, 1.82) is 0 Å². The molecule has 71 heavy (non-hydrogen) atoms. The molecule has 0 saturated carbocycles. The van der Waals surface area contributed by atoms with Crippen LogP contribution in [0.5, 0.6) is 80.5 Å². The highest BCUT2D eigenvalue weighted by Crippen LogP contribution is 2.69. The Bertz CT molecular complexity index is 3620. The zero-order valence-electron chi connectivity index (χ0n) is 39.2. The van der Waals surface area contributed by atoms with E-state index in [2.05, 4.69) is 82.3 Å². The molecule has 0 aromatic heterocycles. The van der Waals surface area contributed by atoms with E-state index < -0.39 is 74.4 Å². The van der Waals surface area contributed by atoms with Gasteiger partial charge in [-0.3, -0.25) is 0 Å². The number of hydrogen-bond acceptors (Lipinski definition) is 14. The van der Waals surface area contributed by atoms with Crippen LogP contribution in [0.2, 0.25) is 0 Å². The van der Waals surface area contributed by atoms with Gasteiger partial charge in [0, 0.05) is 27.7 Å². The Hall–Kier alpha value is -9.04. The number of nitrogens with zero attached hydrogens (tertiary/aromatic N) is 1. The van der Waals surface area contributed by atoms with Crippen molar-refractivity contribution in [3.63, 3.8) is 0 Å². The molecule has 0 amide bonds. The SMILES string of the molecule is CCCCc1c(O)c(O)c(O)c2c(O)c(O)c(O)c(O)c12.Cc1cc2c(c3ccccc13)-c1ccc(N(c3ccccc3)c3c4c(c(O)c5c(O)c(O)c(O)c(O)c35)O4)cc1C2(C)C.Cc1ccccc1. The maximum atomic E-state index is 11.1. The largest absolute Gasteiger partial charge is 0.504 e. The van der Waals surface area contributed by atoms with Crippen LogP contribution in [0.3, 0.4) is 0 Å². The highest BCUT2D eigenvalue weighted by Gasteiger charge is 2.42. The maximum Gasteiger partial charge on any atom is 0.214 e. The molecule has 1 aliphatic carbocycles. The molecular formula is C57H51NO13. The number of aromatic hydroxyl groups is 12. The van der Waals surface area contributed by atoms with Gasteiger partial charge >= 0.3 is 0 Å². The predicted octanol–water partition coefficient (Wildman–Crippen LogP) is 12.8. The molecule has 11 rings (SSSR count). The Morgan fingerprint density at radius 1 is 0.465 bits per heavy atom. The average molecular weight is 958 g/mol. The average Bonchev–Trinajstić information content (AvgIpc) is 4.15. The van der Waals surface area contributed by atoms with Gasteiger partial charge in [0.15, 0.2) is 46.0 Å². The quantitative estimate of drug-likeness (QED) is 0.0420. The van der Waals surface area contributed by atoms with E-state index in [9.17, 15) is 61.3 Å². The van der Waals surface area contributed by atoms with Gasteiger partial charge in [0.2, 0.25) is 34.5 Å². The van der Waals surface area contributed by atoms with Crippen LogP contribution < -0.4 is 9.64 Å². The fourth-order valence-corrected chi connectivity index (χ4v) is 9.71. The maximum absolute atomic E-state index is 11.1. The Labute approximate surface area is 406 Å². The van der Waals surface area contributed by atoms with Crippen molar-refractivity contribution in [3.05, 3.63) is 137 Å². The third-order valence-electron chi connectivity index (χ3n) is 13.4. The molecule has 1 aliphatic heterocycles. The smallest absolute Gasteiger partial charge is 0.214 e. The summed E-state index contributed by atoms with van der Waals surface area (Å²) in [5.74, 6) is -9.40. The number of phenols is 12. The molecule has 12 N–H and O–H groups in total. The summed E-state index contributed by atoms with van der Waals surface area (Å²) < 4.78 is 5.73. The molecule has 0 radical (unpaired) electrons. The van der Waals surface area contributed by atoms with Crippen molar-refractivity contribution in [2.75, 3.05) is 4.90 Å². The zero-order chi connectivity index (χ0) is 51.0. The second-order valence-electron chi connectivity index (χ2n) is 18.2. The second-order valence-corrected chi connectivity index (χ2v) is 18.2. The van der Waals surface area contributed by atoms with Gasteiger partial charge < -0.3 is 70.9 Å². The van der Waals surface area contributed by atoms with Crippen LogP contribution in [0.25, 0.3) is 43.4 Å². The van der Waals surface area contributed by atoms with Crippen LogP contribution in [0.1, 0.15) is 61.4 Å². The van der Waals surface area contributed by atoms with Crippen LogP contribution in [0, 0.1) is 13.8 Å². The number of rotatable bonds is 6. The summed E-state index contributed by atoms with van der Waals surface area (Å²) in [6, 6.07) is 36.7. The Morgan fingerprint density at radius 3 is 1.54 bits per heavy atom. The molecule has 0 unspecified atom stereocenters. The molecular weight excluding hydrogens is 907 g/mol. The summed E-state index contributed by atoms with van der Waals surface area (Å²) in [6.07, 6.45) is 1.57. The fraction of sp³-hybridized carbons (Fsp3) is 0.158. The second kappa shape index (κ2) is 17.5. The van der Waals surface area contributed by atoms with E-state index in [1.54, 1.807) is 0 Å². The summed E-state index contributed by atoms with van der Waals surface area (Å²) >= 11 is 0. The molecule has 0 saturated heterocycles. The highest BCUT2D eigenvalue weighted by molar-refractivity contribution is 6.16. The fourth-order valence-electron chi connectivity index (χ4n) is 9.71. The van der Waals surface area contributed by atoms with Crippen LogP contribution in [-0.2, 0) is 11.8 Å².